The van der Waals surface area contributed by atoms with E-state index in [0.717, 1.165) is 48.5 Å². The molecule has 0 aromatic carbocycles. The van der Waals surface area contributed by atoms with Crippen LogP contribution in [0.1, 0.15) is 25.7 Å². The molecule has 2 aliphatic rings. The molecule has 1 heterocycles. The molecule has 0 N–H and O–H groups in total. The van der Waals surface area contributed by atoms with Crippen molar-refractivity contribution < 1.29 is 4.79 Å². The first kappa shape index (κ1) is 9.78. The lowest BCUT2D eigenvalue weighted by molar-refractivity contribution is -0.104. The van der Waals surface area contributed by atoms with Crippen molar-refractivity contribution in [3.8, 4) is 0 Å². The van der Waals surface area contributed by atoms with Crippen molar-refractivity contribution in [3.63, 3.8) is 0 Å². The van der Waals surface area contributed by atoms with Crippen LogP contribution in [0.4, 0.5) is 0 Å². The van der Waals surface area contributed by atoms with Crippen LogP contribution >= 0.6 is 11.6 Å². The minimum absolute atomic E-state index is 0.781. The third kappa shape index (κ3) is 1.71. The molecule has 0 saturated carbocycles. The van der Waals surface area contributed by atoms with Gasteiger partial charge in [0.2, 0.25) is 0 Å². The van der Waals surface area contributed by atoms with Gasteiger partial charge in [0.25, 0.3) is 0 Å². The molecule has 2 nitrogen and oxygen atoms in total. The highest BCUT2D eigenvalue weighted by atomic mass is 35.5. The van der Waals surface area contributed by atoms with Gasteiger partial charge in [0.15, 0.2) is 6.29 Å². The summed E-state index contributed by atoms with van der Waals surface area (Å²) in [7, 11) is 0. The van der Waals surface area contributed by atoms with Gasteiger partial charge in [-0.25, -0.2) is 0 Å². The van der Waals surface area contributed by atoms with Crippen LogP contribution in [0.5, 0.6) is 0 Å². The molecule has 0 aromatic heterocycles. The maximum Gasteiger partial charge on any atom is 0.151 e. The summed E-state index contributed by atoms with van der Waals surface area (Å²) >= 11 is 6.17. The van der Waals surface area contributed by atoms with Crippen LogP contribution in [0.2, 0.25) is 0 Å². The summed E-state index contributed by atoms with van der Waals surface area (Å²) < 4.78 is 0. The SMILES string of the molecule is O=CC1=CCCC(Cl)=C1N1CCCC1. The molecule has 0 unspecified atom stereocenters. The molecule has 0 radical (unpaired) electrons. The topological polar surface area (TPSA) is 20.3 Å². The van der Waals surface area contributed by atoms with Gasteiger partial charge in [-0.15, -0.1) is 0 Å². The Morgan fingerprint density at radius 1 is 1.36 bits per heavy atom. The predicted octanol–water partition coefficient (Wildman–Crippen LogP) is 2.45. The van der Waals surface area contributed by atoms with E-state index < -0.39 is 0 Å². The largest absolute Gasteiger partial charge is 0.370 e. The van der Waals surface area contributed by atoms with Crippen LogP contribution in [0.15, 0.2) is 22.4 Å². The van der Waals surface area contributed by atoms with E-state index in [1.165, 1.54) is 12.8 Å². The van der Waals surface area contributed by atoms with Crippen LogP contribution in [0, 0.1) is 0 Å². The zero-order chi connectivity index (χ0) is 9.97. The van der Waals surface area contributed by atoms with Crippen molar-refractivity contribution in [1.29, 1.82) is 0 Å². The van der Waals surface area contributed by atoms with Crippen LogP contribution in [0.25, 0.3) is 0 Å². The van der Waals surface area contributed by atoms with Crippen LogP contribution in [0.3, 0.4) is 0 Å². The van der Waals surface area contributed by atoms with E-state index in [2.05, 4.69) is 4.90 Å². The Balaban J connectivity index is 2.27. The second kappa shape index (κ2) is 4.18. The summed E-state index contributed by atoms with van der Waals surface area (Å²) in [4.78, 5) is 13.1. The minimum Gasteiger partial charge on any atom is -0.370 e. The highest BCUT2D eigenvalue weighted by molar-refractivity contribution is 6.30. The standard InChI is InChI=1S/C11H14ClNO/c12-10-5-3-4-9(8-14)11(10)13-6-1-2-7-13/h4,8H,1-3,5-7H2. The Bertz CT molecular complexity index is 300. The fraction of sp³-hybridized carbons (Fsp3) is 0.545. The Morgan fingerprint density at radius 3 is 2.71 bits per heavy atom. The quantitative estimate of drug-likeness (QED) is 0.654. The van der Waals surface area contributed by atoms with Crippen molar-refractivity contribution in [3.05, 3.63) is 22.4 Å². The Labute approximate surface area is 89.2 Å². The zero-order valence-electron chi connectivity index (χ0n) is 8.13. The molecule has 1 saturated heterocycles. The predicted molar refractivity (Wildman–Crippen MR) is 57.1 cm³/mol. The van der Waals surface area contributed by atoms with E-state index in [-0.39, 0.29) is 0 Å². The molecule has 3 heteroatoms. The maximum absolute atomic E-state index is 10.9. The smallest absolute Gasteiger partial charge is 0.151 e. The highest BCUT2D eigenvalue weighted by Gasteiger charge is 2.22. The van der Waals surface area contributed by atoms with Crippen LogP contribution < -0.4 is 0 Å². The van der Waals surface area contributed by atoms with Gasteiger partial charge in [-0.2, -0.15) is 0 Å². The van der Waals surface area contributed by atoms with E-state index in [9.17, 15) is 4.79 Å². The number of rotatable bonds is 2. The number of carbonyl (C=O) groups excluding carboxylic acids is 1. The van der Waals surface area contributed by atoms with Crippen LogP contribution in [-0.4, -0.2) is 24.3 Å². The number of likely N-dealkylation sites (tertiary alicyclic amines) is 1. The average molecular weight is 212 g/mol. The number of halogens is 1. The molecule has 76 valence electrons. The first-order valence-electron chi connectivity index (χ1n) is 5.12. The zero-order valence-corrected chi connectivity index (χ0v) is 8.89. The van der Waals surface area contributed by atoms with E-state index in [0.29, 0.717) is 0 Å². The lowest BCUT2D eigenvalue weighted by Crippen LogP contribution is -2.22. The maximum atomic E-state index is 10.9. The molecular formula is C11H14ClNO. The number of allylic oxidation sites excluding steroid dienone is 3. The normalized spacial score (nSPS) is 22.6. The number of hydrogen-bond acceptors (Lipinski definition) is 2. The van der Waals surface area contributed by atoms with Crippen molar-refractivity contribution >= 4 is 17.9 Å². The summed E-state index contributed by atoms with van der Waals surface area (Å²) in [6.07, 6.45) is 7.11. The van der Waals surface area contributed by atoms with Gasteiger partial charge in [-0.1, -0.05) is 17.7 Å². The Hall–Kier alpha value is -0.760. The Morgan fingerprint density at radius 2 is 2.07 bits per heavy atom. The third-order valence-corrected chi connectivity index (χ3v) is 3.18. The lowest BCUT2D eigenvalue weighted by atomic mass is 10.0. The van der Waals surface area contributed by atoms with E-state index in [4.69, 9.17) is 11.6 Å². The summed E-state index contributed by atoms with van der Waals surface area (Å²) in [5, 5.41) is 0.858. The molecule has 0 spiro atoms. The first-order chi connectivity index (χ1) is 6.83. The molecule has 0 atom stereocenters. The van der Waals surface area contributed by atoms with E-state index in [1.807, 2.05) is 6.08 Å². The first-order valence-corrected chi connectivity index (χ1v) is 5.50. The van der Waals surface area contributed by atoms with E-state index >= 15 is 0 Å². The molecule has 1 fully saturated rings. The van der Waals surface area contributed by atoms with Gasteiger partial charge in [0.1, 0.15) is 0 Å². The second-order valence-electron chi connectivity index (χ2n) is 3.76. The van der Waals surface area contributed by atoms with Gasteiger partial charge in [0.05, 0.1) is 5.70 Å². The summed E-state index contributed by atoms with van der Waals surface area (Å²) in [5.41, 5.74) is 1.77. The van der Waals surface area contributed by atoms with Gasteiger partial charge >= 0.3 is 0 Å². The second-order valence-corrected chi connectivity index (χ2v) is 4.22. The number of aldehydes is 1. The average Bonchev–Trinajstić information content (AvgIpc) is 2.70. The summed E-state index contributed by atoms with van der Waals surface area (Å²) in [6.45, 7) is 2.08. The minimum atomic E-state index is 0.781. The molecule has 2 rings (SSSR count). The lowest BCUT2D eigenvalue weighted by Gasteiger charge is -2.25. The fourth-order valence-corrected chi connectivity index (χ4v) is 2.46. The molecule has 0 aromatic rings. The molecular weight excluding hydrogens is 198 g/mol. The van der Waals surface area contributed by atoms with Crippen molar-refractivity contribution in [2.45, 2.75) is 25.7 Å². The van der Waals surface area contributed by atoms with Gasteiger partial charge in [0, 0.05) is 23.7 Å². The summed E-state index contributed by atoms with van der Waals surface area (Å²) in [6, 6.07) is 0. The summed E-state index contributed by atoms with van der Waals surface area (Å²) in [5.74, 6) is 0. The van der Waals surface area contributed by atoms with Crippen molar-refractivity contribution in [2.24, 2.45) is 0 Å². The highest BCUT2D eigenvalue weighted by Crippen LogP contribution is 2.31. The van der Waals surface area contributed by atoms with Gasteiger partial charge < -0.3 is 4.90 Å². The molecule has 0 amide bonds. The fourth-order valence-electron chi connectivity index (χ4n) is 2.12. The number of carbonyl (C=O) groups is 1. The number of hydrogen-bond donors (Lipinski definition) is 0. The monoisotopic (exact) mass is 211 g/mol. The Kier molecular flexibility index (Phi) is 2.92. The molecule has 14 heavy (non-hydrogen) atoms. The van der Waals surface area contributed by atoms with E-state index in [1.54, 1.807) is 0 Å². The number of nitrogens with zero attached hydrogens (tertiary/aromatic N) is 1. The van der Waals surface area contributed by atoms with Crippen LogP contribution in [-0.2, 0) is 4.79 Å². The molecule has 0 bridgehead atoms. The van der Waals surface area contributed by atoms with Gasteiger partial charge in [-0.05, 0) is 25.7 Å². The molecule has 1 aliphatic carbocycles. The third-order valence-electron chi connectivity index (χ3n) is 2.81. The van der Waals surface area contributed by atoms with Crippen molar-refractivity contribution in [1.82, 2.24) is 4.90 Å². The van der Waals surface area contributed by atoms with Gasteiger partial charge in [-0.3, -0.25) is 4.79 Å². The van der Waals surface area contributed by atoms with Crippen molar-refractivity contribution in [2.75, 3.05) is 13.1 Å². The molecule has 1 aliphatic heterocycles.